The van der Waals surface area contributed by atoms with Crippen molar-refractivity contribution >= 4 is 35.0 Å². The first-order valence-corrected chi connectivity index (χ1v) is 7.17. The lowest BCUT2D eigenvalue weighted by Crippen LogP contribution is -2.46. The molecule has 0 spiro atoms. The number of nitrogens with two attached hydrogens (primary N) is 1. The zero-order valence-electron chi connectivity index (χ0n) is 11.4. The minimum Gasteiger partial charge on any atom is -0.368 e. The molecule has 0 unspecified atom stereocenters. The van der Waals surface area contributed by atoms with Crippen LogP contribution in [0.15, 0.2) is 42.7 Å². The van der Waals surface area contributed by atoms with Gasteiger partial charge in [-0.05, 0) is 29.8 Å². The molecular weight excluding hydrogens is 325 g/mol. The predicted molar refractivity (Wildman–Crippen MR) is 84.9 cm³/mol. The van der Waals surface area contributed by atoms with Crippen LogP contribution in [0.5, 0.6) is 0 Å². The second-order valence-electron chi connectivity index (χ2n) is 4.57. The standard InChI is InChI=1S/C15H13Cl2N3O2/c16-11-4-1-5-12(17)10(11)7-13(14(18)21)20-15(22)9-3-2-6-19-8-9/h1-6,8,13H,7H2,(H2,18,21)(H,20,22)/t13-/m1/s1. The lowest BCUT2D eigenvalue weighted by Gasteiger charge is -2.17. The second-order valence-corrected chi connectivity index (χ2v) is 5.39. The fourth-order valence-corrected chi connectivity index (χ4v) is 2.44. The van der Waals surface area contributed by atoms with Gasteiger partial charge in [0.15, 0.2) is 0 Å². The van der Waals surface area contributed by atoms with Crippen LogP contribution in [0.1, 0.15) is 15.9 Å². The zero-order valence-corrected chi connectivity index (χ0v) is 12.9. The molecule has 1 aromatic heterocycles. The Hall–Kier alpha value is -2.11. The third-order valence-electron chi connectivity index (χ3n) is 3.04. The van der Waals surface area contributed by atoms with E-state index in [1.165, 1.54) is 6.20 Å². The summed E-state index contributed by atoms with van der Waals surface area (Å²) in [6, 6.07) is 7.29. The number of amides is 2. The fourth-order valence-electron chi connectivity index (χ4n) is 1.89. The van der Waals surface area contributed by atoms with Gasteiger partial charge in [-0.25, -0.2) is 0 Å². The molecular formula is C15H13Cl2N3O2. The van der Waals surface area contributed by atoms with E-state index in [4.69, 9.17) is 28.9 Å². The van der Waals surface area contributed by atoms with Crippen molar-refractivity contribution in [3.05, 3.63) is 63.9 Å². The molecule has 0 saturated carbocycles. The molecule has 1 atom stereocenters. The summed E-state index contributed by atoms with van der Waals surface area (Å²) < 4.78 is 0. The van der Waals surface area contributed by atoms with Crippen LogP contribution < -0.4 is 11.1 Å². The normalized spacial score (nSPS) is 11.7. The number of benzene rings is 1. The minimum atomic E-state index is -0.926. The summed E-state index contributed by atoms with van der Waals surface area (Å²) in [5.74, 6) is -1.12. The molecule has 0 bridgehead atoms. The second kappa shape index (κ2) is 7.24. The Kier molecular flexibility index (Phi) is 5.35. The van der Waals surface area contributed by atoms with Crippen LogP contribution in [-0.4, -0.2) is 22.8 Å². The number of aromatic nitrogens is 1. The first-order valence-electron chi connectivity index (χ1n) is 6.42. The molecule has 0 fully saturated rings. The van der Waals surface area contributed by atoms with Gasteiger partial charge in [0.25, 0.3) is 5.91 Å². The Bertz CT molecular complexity index is 672. The minimum absolute atomic E-state index is 0.111. The van der Waals surface area contributed by atoms with Crippen LogP contribution in [0.2, 0.25) is 10.0 Å². The van der Waals surface area contributed by atoms with Crippen LogP contribution in [0, 0.1) is 0 Å². The quantitative estimate of drug-likeness (QED) is 0.877. The van der Waals surface area contributed by atoms with Gasteiger partial charge in [-0.15, -0.1) is 0 Å². The Balaban J connectivity index is 2.18. The predicted octanol–water partition coefficient (Wildman–Crippen LogP) is 2.21. The van der Waals surface area contributed by atoms with Crippen molar-refractivity contribution < 1.29 is 9.59 Å². The van der Waals surface area contributed by atoms with Gasteiger partial charge < -0.3 is 11.1 Å². The molecule has 1 heterocycles. The molecule has 0 saturated heterocycles. The van der Waals surface area contributed by atoms with Crippen molar-refractivity contribution in [1.82, 2.24) is 10.3 Å². The van der Waals surface area contributed by atoms with E-state index in [1.807, 2.05) is 0 Å². The number of halogens is 2. The fraction of sp³-hybridized carbons (Fsp3) is 0.133. The van der Waals surface area contributed by atoms with Gasteiger partial charge >= 0.3 is 0 Å². The smallest absolute Gasteiger partial charge is 0.253 e. The third-order valence-corrected chi connectivity index (χ3v) is 3.75. The van der Waals surface area contributed by atoms with Gasteiger partial charge in [0.2, 0.25) is 5.91 Å². The van der Waals surface area contributed by atoms with Crippen molar-refractivity contribution in [3.63, 3.8) is 0 Å². The molecule has 1 aromatic carbocycles. The number of rotatable bonds is 5. The van der Waals surface area contributed by atoms with E-state index >= 15 is 0 Å². The molecule has 2 amide bonds. The summed E-state index contributed by atoms with van der Waals surface area (Å²) in [4.78, 5) is 27.5. The van der Waals surface area contributed by atoms with E-state index in [0.29, 0.717) is 21.2 Å². The summed E-state index contributed by atoms with van der Waals surface area (Å²) in [6.07, 6.45) is 3.06. The first kappa shape index (κ1) is 16.3. The van der Waals surface area contributed by atoms with Gasteiger partial charge in [-0.3, -0.25) is 14.6 Å². The molecule has 0 aliphatic carbocycles. The molecule has 2 aromatic rings. The topological polar surface area (TPSA) is 85.1 Å². The van der Waals surface area contributed by atoms with E-state index in [1.54, 1.807) is 36.5 Å². The average Bonchev–Trinajstić information content (AvgIpc) is 2.50. The van der Waals surface area contributed by atoms with Gasteiger partial charge in [0, 0.05) is 28.9 Å². The monoisotopic (exact) mass is 337 g/mol. The van der Waals surface area contributed by atoms with E-state index in [2.05, 4.69) is 10.3 Å². The van der Waals surface area contributed by atoms with Gasteiger partial charge in [-0.1, -0.05) is 29.3 Å². The molecule has 5 nitrogen and oxygen atoms in total. The highest BCUT2D eigenvalue weighted by Crippen LogP contribution is 2.25. The zero-order chi connectivity index (χ0) is 16.1. The van der Waals surface area contributed by atoms with Crippen molar-refractivity contribution in [2.24, 2.45) is 5.73 Å². The SMILES string of the molecule is NC(=O)[C@@H](Cc1c(Cl)cccc1Cl)NC(=O)c1cccnc1. The number of hydrogen-bond donors (Lipinski definition) is 2. The number of nitrogens with zero attached hydrogens (tertiary/aromatic N) is 1. The molecule has 0 radical (unpaired) electrons. The third kappa shape index (κ3) is 3.96. The number of nitrogens with one attached hydrogen (secondary N) is 1. The van der Waals surface area contributed by atoms with Crippen LogP contribution in [0.3, 0.4) is 0 Å². The largest absolute Gasteiger partial charge is 0.368 e. The molecule has 0 aliphatic heterocycles. The van der Waals surface area contributed by atoms with Gasteiger partial charge in [0.05, 0.1) is 5.56 Å². The molecule has 2 rings (SSSR count). The lowest BCUT2D eigenvalue weighted by molar-refractivity contribution is -0.119. The Labute approximate surface area is 137 Å². The van der Waals surface area contributed by atoms with Crippen molar-refractivity contribution in [1.29, 1.82) is 0 Å². The summed E-state index contributed by atoms with van der Waals surface area (Å²) in [7, 11) is 0. The maximum absolute atomic E-state index is 12.1. The number of primary amides is 1. The van der Waals surface area contributed by atoms with Crippen LogP contribution in [0.25, 0.3) is 0 Å². The van der Waals surface area contributed by atoms with Crippen LogP contribution in [0.4, 0.5) is 0 Å². The van der Waals surface area contributed by atoms with Crippen molar-refractivity contribution in [2.45, 2.75) is 12.5 Å². The molecule has 3 N–H and O–H groups in total. The van der Waals surface area contributed by atoms with Gasteiger partial charge in [0.1, 0.15) is 6.04 Å². The molecule has 114 valence electrons. The van der Waals surface area contributed by atoms with Crippen molar-refractivity contribution in [2.75, 3.05) is 0 Å². The highest BCUT2D eigenvalue weighted by molar-refractivity contribution is 6.36. The van der Waals surface area contributed by atoms with E-state index in [-0.39, 0.29) is 6.42 Å². The summed E-state index contributed by atoms with van der Waals surface area (Å²) >= 11 is 12.1. The van der Waals surface area contributed by atoms with Gasteiger partial charge in [-0.2, -0.15) is 0 Å². The van der Waals surface area contributed by atoms with E-state index < -0.39 is 17.9 Å². The summed E-state index contributed by atoms with van der Waals surface area (Å²) in [5.41, 5.74) is 6.24. The Morgan fingerprint density at radius 3 is 2.41 bits per heavy atom. The highest BCUT2D eigenvalue weighted by atomic mass is 35.5. The molecule has 22 heavy (non-hydrogen) atoms. The average molecular weight is 338 g/mol. The highest BCUT2D eigenvalue weighted by Gasteiger charge is 2.21. The number of pyridine rings is 1. The summed E-state index contributed by atoms with van der Waals surface area (Å²) in [5, 5.41) is 3.39. The Morgan fingerprint density at radius 1 is 1.18 bits per heavy atom. The number of hydrogen-bond acceptors (Lipinski definition) is 3. The number of carbonyl (C=O) groups excluding carboxylic acids is 2. The molecule has 0 aliphatic rings. The van der Waals surface area contributed by atoms with Crippen LogP contribution in [-0.2, 0) is 11.2 Å². The Morgan fingerprint density at radius 2 is 1.86 bits per heavy atom. The van der Waals surface area contributed by atoms with E-state index in [9.17, 15) is 9.59 Å². The number of carbonyl (C=O) groups is 2. The maximum Gasteiger partial charge on any atom is 0.253 e. The van der Waals surface area contributed by atoms with Crippen molar-refractivity contribution in [3.8, 4) is 0 Å². The van der Waals surface area contributed by atoms with Crippen LogP contribution >= 0.6 is 23.2 Å². The lowest BCUT2D eigenvalue weighted by atomic mass is 10.0. The maximum atomic E-state index is 12.1. The van der Waals surface area contributed by atoms with E-state index in [0.717, 1.165) is 0 Å². The summed E-state index contributed by atoms with van der Waals surface area (Å²) in [6.45, 7) is 0. The first-order chi connectivity index (χ1) is 10.5. The molecule has 7 heteroatoms.